The Kier molecular flexibility index (Phi) is 3.76. The Morgan fingerprint density at radius 1 is 1.47 bits per heavy atom. The molecule has 6 heteroatoms. The van der Waals surface area contributed by atoms with Gasteiger partial charge in [-0.1, -0.05) is 5.16 Å². The van der Waals surface area contributed by atoms with Gasteiger partial charge in [0.15, 0.2) is 5.82 Å². The van der Waals surface area contributed by atoms with E-state index >= 15 is 0 Å². The average Bonchev–Trinajstić information content (AvgIpc) is 2.72. The van der Waals surface area contributed by atoms with Crippen molar-refractivity contribution in [2.75, 3.05) is 33.7 Å². The Hall–Kier alpha value is -0.980. The van der Waals surface area contributed by atoms with Crippen molar-refractivity contribution in [2.24, 2.45) is 0 Å². The van der Waals surface area contributed by atoms with Crippen molar-refractivity contribution < 1.29 is 9.63 Å². The molecule has 2 heterocycles. The van der Waals surface area contributed by atoms with Crippen LogP contribution in [0.1, 0.15) is 24.7 Å². The van der Waals surface area contributed by atoms with E-state index in [2.05, 4.69) is 34.0 Å². The lowest BCUT2D eigenvalue weighted by Crippen LogP contribution is -2.50. The van der Waals surface area contributed by atoms with Crippen LogP contribution in [0, 0.1) is 0 Å². The summed E-state index contributed by atoms with van der Waals surface area (Å²) >= 11 is 0. The molecule has 0 saturated carbocycles. The van der Waals surface area contributed by atoms with Gasteiger partial charge in [-0.15, -0.1) is 0 Å². The van der Waals surface area contributed by atoms with Gasteiger partial charge in [0.2, 0.25) is 0 Å². The number of aliphatic hydroxyl groups excluding tert-OH is 1. The second-order valence-electron chi connectivity index (χ2n) is 4.83. The van der Waals surface area contributed by atoms with Crippen LogP contribution < -0.4 is 0 Å². The maximum atomic E-state index is 9.32. The summed E-state index contributed by atoms with van der Waals surface area (Å²) < 4.78 is 4.99. The summed E-state index contributed by atoms with van der Waals surface area (Å²) in [5.74, 6) is 0.972. The highest BCUT2D eigenvalue weighted by atomic mass is 16.5. The molecule has 1 fully saturated rings. The molecule has 0 aliphatic carbocycles. The molecule has 6 nitrogen and oxygen atoms in total. The van der Waals surface area contributed by atoms with E-state index in [1.807, 2.05) is 0 Å². The van der Waals surface area contributed by atoms with Crippen LogP contribution in [0.15, 0.2) is 4.52 Å². The number of likely N-dealkylation sites (N-methyl/N-ethyl adjacent to an activating group) is 2. The summed E-state index contributed by atoms with van der Waals surface area (Å²) in [6.45, 7) is 4.79. The summed E-state index contributed by atoms with van der Waals surface area (Å²) in [4.78, 5) is 8.81. The molecule has 2 rings (SSSR count). The fraction of sp³-hybridized carbons (Fsp3) is 0.818. The Bertz CT molecular complexity index is 366. The lowest BCUT2D eigenvalue weighted by Gasteiger charge is -2.37. The molecule has 1 aromatic heterocycles. The molecule has 0 radical (unpaired) electrons. The topological polar surface area (TPSA) is 65.6 Å². The van der Waals surface area contributed by atoms with Crippen LogP contribution in [0.3, 0.4) is 0 Å². The summed E-state index contributed by atoms with van der Waals surface area (Å²) in [5.41, 5.74) is 0. The number of hydrogen-bond acceptors (Lipinski definition) is 6. The van der Waals surface area contributed by atoms with Crippen LogP contribution in [0.5, 0.6) is 0 Å². The van der Waals surface area contributed by atoms with Crippen molar-refractivity contribution in [1.82, 2.24) is 19.9 Å². The van der Waals surface area contributed by atoms with E-state index in [1.165, 1.54) is 0 Å². The Labute approximate surface area is 101 Å². The third-order valence-corrected chi connectivity index (χ3v) is 3.24. The van der Waals surface area contributed by atoms with E-state index in [0.29, 0.717) is 17.8 Å². The minimum atomic E-state index is -0.692. The van der Waals surface area contributed by atoms with Crippen LogP contribution in [0.2, 0.25) is 0 Å². The molecular weight excluding hydrogens is 220 g/mol. The predicted octanol–water partition coefficient (Wildman–Crippen LogP) is -0.0888. The van der Waals surface area contributed by atoms with Crippen molar-refractivity contribution in [3.05, 3.63) is 11.7 Å². The number of rotatable bonds is 3. The van der Waals surface area contributed by atoms with Crippen LogP contribution in [0.25, 0.3) is 0 Å². The van der Waals surface area contributed by atoms with E-state index in [1.54, 1.807) is 6.92 Å². The highest BCUT2D eigenvalue weighted by molar-refractivity contribution is 4.94. The van der Waals surface area contributed by atoms with Gasteiger partial charge in [-0.3, -0.25) is 0 Å². The normalized spacial score (nSPS) is 25.1. The van der Waals surface area contributed by atoms with E-state index in [-0.39, 0.29) is 0 Å². The molecule has 1 N–H and O–H groups in total. The van der Waals surface area contributed by atoms with Gasteiger partial charge in [0.1, 0.15) is 6.10 Å². The molecule has 0 amide bonds. The molecule has 1 aliphatic heterocycles. The zero-order valence-electron chi connectivity index (χ0n) is 10.6. The average molecular weight is 240 g/mol. The lowest BCUT2D eigenvalue weighted by molar-refractivity contribution is 0.113. The van der Waals surface area contributed by atoms with Gasteiger partial charge in [0.25, 0.3) is 5.89 Å². The molecule has 1 saturated heterocycles. The number of piperazine rings is 1. The Morgan fingerprint density at radius 2 is 2.24 bits per heavy atom. The predicted molar refractivity (Wildman–Crippen MR) is 62.6 cm³/mol. The minimum Gasteiger partial charge on any atom is -0.384 e. The fourth-order valence-corrected chi connectivity index (χ4v) is 2.05. The Balaban J connectivity index is 1.98. The van der Waals surface area contributed by atoms with E-state index < -0.39 is 6.10 Å². The van der Waals surface area contributed by atoms with E-state index in [9.17, 15) is 5.11 Å². The second kappa shape index (κ2) is 5.12. The van der Waals surface area contributed by atoms with Gasteiger partial charge in [0, 0.05) is 32.1 Å². The van der Waals surface area contributed by atoms with Crippen molar-refractivity contribution in [3.8, 4) is 0 Å². The summed E-state index contributed by atoms with van der Waals surface area (Å²) in [7, 11) is 4.24. The van der Waals surface area contributed by atoms with E-state index in [0.717, 1.165) is 26.1 Å². The highest BCUT2D eigenvalue weighted by Gasteiger charge is 2.24. The van der Waals surface area contributed by atoms with Crippen LogP contribution in [-0.2, 0) is 6.42 Å². The molecule has 2 atom stereocenters. The van der Waals surface area contributed by atoms with Crippen molar-refractivity contribution in [1.29, 1.82) is 0 Å². The van der Waals surface area contributed by atoms with Crippen LogP contribution >= 0.6 is 0 Å². The highest BCUT2D eigenvalue weighted by Crippen LogP contribution is 2.13. The standard InChI is InChI=1S/C11H20N4O2/c1-8(16)11-12-10(13-17-11)6-9-7-14(2)4-5-15(9)3/h8-9,16H,4-7H2,1-3H3/t8-,9?/m0/s1. The first-order valence-electron chi connectivity index (χ1n) is 5.95. The SMILES string of the molecule is C[C@H](O)c1nc(CC2CN(C)CCN2C)no1. The van der Waals surface area contributed by atoms with Gasteiger partial charge < -0.3 is 19.4 Å². The molecule has 0 aromatic carbocycles. The first-order valence-corrected chi connectivity index (χ1v) is 5.95. The molecule has 0 spiro atoms. The van der Waals surface area contributed by atoms with Crippen molar-refractivity contribution >= 4 is 0 Å². The number of nitrogens with zero attached hydrogens (tertiary/aromatic N) is 4. The number of aromatic nitrogens is 2. The molecule has 0 bridgehead atoms. The Morgan fingerprint density at radius 3 is 2.88 bits per heavy atom. The van der Waals surface area contributed by atoms with Gasteiger partial charge in [-0.2, -0.15) is 4.98 Å². The monoisotopic (exact) mass is 240 g/mol. The van der Waals surface area contributed by atoms with Crippen LogP contribution in [-0.4, -0.2) is 64.8 Å². The maximum absolute atomic E-state index is 9.32. The van der Waals surface area contributed by atoms with Gasteiger partial charge in [0.05, 0.1) is 0 Å². The summed E-state index contributed by atoms with van der Waals surface area (Å²) in [6, 6.07) is 0.410. The smallest absolute Gasteiger partial charge is 0.255 e. The number of aliphatic hydroxyl groups is 1. The molecule has 17 heavy (non-hydrogen) atoms. The quantitative estimate of drug-likeness (QED) is 0.796. The van der Waals surface area contributed by atoms with Crippen molar-refractivity contribution in [3.63, 3.8) is 0 Å². The van der Waals surface area contributed by atoms with Gasteiger partial charge >= 0.3 is 0 Å². The zero-order chi connectivity index (χ0) is 12.4. The molecule has 96 valence electrons. The maximum Gasteiger partial charge on any atom is 0.255 e. The molecular formula is C11H20N4O2. The third-order valence-electron chi connectivity index (χ3n) is 3.24. The molecule has 1 unspecified atom stereocenters. The van der Waals surface area contributed by atoms with E-state index in [4.69, 9.17) is 4.52 Å². The van der Waals surface area contributed by atoms with Gasteiger partial charge in [-0.25, -0.2) is 0 Å². The third kappa shape index (κ3) is 3.02. The fourth-order valence-electron chi connectivity index (χ4n) is 2.05. The zero-order valence-corrected chi connectivity index (χ0v) is 10.6. The molecule has 1 aliphatic rings. The summed E-state index contributed by atoms with van der Waals surface area (Å²) in [5, 5.41) is 13.2. The van der Waals surface area contributed by atoms with Crippen LogP contribution in [0.4, 0.5) is 0 Å². The summed E-state index contributed by atoms with van der Waals surface area (Å²) in [6.07, 6.45) is 0.0693. The first kappa shape index (κ1) is 12.5. The van der Waals surface area contributed by atoms with Crippen molar-refractivity contribution in [2.45, 2.75) is 25.5 Å². The molecule has 1 aromatic rings. The second-order valence-corrected chi connectivity index (χ2v) is 4.83. The minimum absolute atomic E-state index is 0.298. The lowest BCUT2D eigenvalue weighted by atomic mass is 10.1. The number of hydrogen-bond donors (Lipinski definition) is 1. The van der Waals surface area contributed by atoms with Gasteiger partial charge in [-0.05, 0) is 21.0 Å². The first-order chi connectivity index (χ1) is 8.06. The largest absolute Gasteiger partial charge is 0.384 e.